The summed E-state index contributed by atoms with van der Waals surface area (Å²) in [6, 6.07) is 4.88. The van der Waals surface area contributed by atoms with Gasteiger partial charge in [0.2, 0.25) is 5.91 Å². The molecule has 1 amide bonds. The summed E-state index contributed by atoms with van der Waals surface area (Å²) in [5.74, 6) is -3.18. The first-order chi connectivity index (χ1) is 7.60. The highest BCUT2D eigenvalue weighted by Crippen LogP contribution is 2.20. The zero-order valence-corrected chi connectivity index (χ0v) is 7.92. The van der Waals surface area contributed by atoms with Crippen molar-refractivity contribution >= 4 is 11.6 Å². The molecule has 0 heterocycles. The Kier molecular flexibility index (Phi) is 3.52. The largest absolute Gasteiger partial charge is 0.324 e. The lowest BCUT2D eigenvalue weighted by Gasteiger charge is -2.05. The van der Waals surface area contributed by atoms with Crippen LogP contribution in [0.4, 0.5) is 14.5 Å². The Labute approximate surface area is 89.7 Å². The third-order valence-electron chi connectivity index (χ3n) is 1.72. The molecule has 4 nitrogen and oxygen atoms in total. The fraction of sp³-hybridized carbons (Fsp3) is 0.100. The van der Waals surface area contributed by atoms with Gasteiger partial charge in [-0.25, -0.2) is 8.78 Å². The maximum Gasteiger partial charge on any atom is 0.238 e. The van der Waals surface area contributed by atoms with Gasteiger partial charge in [0.1, 0.15) is 18.1 Å². The van der Waals surface area contributed by atoms with E-state index in [1.165, 1.54) is 6.07 Å². The highest BCUT2D eigenvalue weighted by Gasteiger charge is 2.14. The normalized spacial score (nSPS) is 9.00. The second-order valence-electron chi connectivity index (χ2n) is 2.78. The van der Waals surface area contributed by atoms with E-state index in [0.717, 1.165) is 12.1 Å². The number of rotatable bonds is 2. The standard InChI is InChI=1S/C10H5F2N3O/c11-7-1-2-8(6(5-14)10(7)12)15-9(16)3-4-13/h1-2H,3H2,(H,15,16). The van der Waals surface area contributed by atoms with Crippen LogP contribution in [-0.4, -0.2) is 5.91 Å². The lowest BCUT2D eigenvalue weighted by molar-refractivity contribution is -0.115. The molecule has 0 fully saturated rings. The zero-order valence-electron chi connectivity index (χ0n) is 7.92. The van der Waals surface area contributed by atoms with Crippen molar-refractivity contribution in [2.45, 2.75) is 6.42 Å². The first-order valence-electron chi connectivity index (χ1n) is 4.15. The van der Waals surface area contributed by atoms with Gasteiger partial charge in [0.25, 0.3) is 0 Å². The average Bonchev–Trinajstić information content (AvgIpc) is 2.24. The number of nitriles is 2. The van der Waals surface area contributed by atoms with Crippen molar-refractivity contribution in [1.82, 2.24) is 0 Å². The van der Waals surface area contributed by atoms with Gasteiger partial charge in [0, 0.05) is 0 Å². The van der Waals surface area contributed by atoms with Crippen LogP contribution in [-0.2, 0) is 4.79 Å². The first kappa shape index (κ1) is 11.6. The summed E-state index contributed by atoms with van der Waals surface area (Å²) in [5, 5.41) is 19.0. The van der Waals surface area contributed by atoms with Crippen LogP contribution in [0.15, 0.2) is 12.1 Å². The molecule has 0 spiro atoms. The van der Waals surface area contributed by atoms with Crippen LogP contribution in [0, 0.1) is 34.3 Å². The van der Waals surface area contributed by atoms with Gasteiger partial charge in [0.15, 0.2) is 11.6 Å². The van der Waals surface area contributed by atoms with E-state index in [1.54, 1.807) is 6.07 Å². The number of amides is 1. The van der Waals surface area contributed by atoms with Crippen LogP contribution < -0.4 is 5.32 Å². The van der Waals surface area contributed by atoms with Crippen LogP contribution in [0.25, 0.3) is 0 Å². The van der Waals surface area contributed by atoms with E-state index in [2.05, 4.69) is 5.32 Å². The first-order valence-corrected chi connectivity index (χ1v) is 4.15. The van der Waals surface area contributed by atoms with Gasteiger partial charge >= 0.3 is 0 Å². The average molecular weight is 221 g/mol. The molecular weight excluding hydrogens is 216 g/mol. The molecule has 0 aliphatic rings. The van der Waals surface area contributed by atoms with Gasteiger partial charge in [-0.2, -0.15) is 10.5 Å². The second kappa shape index (κ2) is 4.85. The Bertz CT molecular complexity index is 514. The summed E-state index contributed by atoms with van der Waals surface area (Å²) in [5.41, 5.74) is -0.743. The lowest BCUT2D eigenvalue weighted by Crippen LogP contribution is -2.12. The van der Waals surface area contributed by atoms with Crippen molar-refractivity contribution in [2.24, 2.45) is 0 Å². The van der Waals surface area contributed by atoms with E-state index in [9.17, 15) is 13.6 Å². The molecule has 1 aromatic carbocycles. The molecule has 0 aromatic heterocycles. The van der Waals surface area contributed by atoms with Gasteiger partial charge in [0.05, 0.1) is 11.8 Å². The number of halogens is 2. The molecule has 1 aromatic rings. The summed E-state index contributed by atoms with van der Waals surface area (Å²) in [4.78, 5) is 11.0. The van der Waals surface area contributed by atoms with Crippen molar-refractivity contribution in [2.75, 3.05) is 5.32 Å². The fourth-order valence-electron chi connectivity index (χ4n) is 1.03. The highest BCUT2D eigenvalue weighted by atomic mass is 19.2. The summed E-state index contributed by atoms with van der Waals surface area (Å²) in [6.07, 6.45) is -0.427. The van der Waals surface area contributed by atoms with Gasteiger partial charge in [-0.05, 0) is 12.1 Å². The van der Waals surface area contributed by atoms with Gasteiger partial charge in [-0.1, -0.05) is 0 Å². The molecule has 0 aliphatic heterocycles. The number of carbonyl (C=O) groups is 1. The quantitative estimate of drug-likeness (QED) is 0.825. The predicted molar refractivity (Wildman–Crippen MR) is 49.9 cm³/mol. The molecule has 0 saturated heterocycles. The van der Waals surface area contributed by atoms with Crippen LogP contribution in [0.1, 0.15) is 12.0 Å². The van der Waals surface area contributed by atoms with E-state index in [0.29, 0.717) is 0 Å². The van der Waals surface area contributed by atoms with Crippen LogP contribution in [0.5, 0.6) is 0 Å². The Hall–Kier alpha value is -2.47. The third kappa shape index (κ3) is 2.31. The molecule has 0 unspecified atom stereocenters. The van der Waals surface area contributed by atoms with E-state index >= 15 is 0 Å². The molecule has 0 atom stereocenters. The van der Waals surface area contributed by atoms with Crippen molar-refractivity contribution in [3.8, 4) is 12.1 Å². The fourth-order valence-corrected chi connectivity index (χ4v) is 1.03. The summed E-state index contributed by atoms with van der Waals surface area (Å²) >= 11 is 0. The molecule has 80 valence electrons. The van der Waals surface area contributed by atoms with E-state index < -0.39 is 29.5 Å². The van der Waals surface area contributed by atoms with Crippen LogP contribution in [0.2, 0.25) is 0 Å². The smallest absolute Gasteiger partial charge is 0.238 e. The molecule has 1 rings (SSSR count). The van der Waals surface area contributed by atoms with Gasteiger partial charge in [-0.15, -0.1) is 0 Å². The van der Waals surface area contributed by atoms with Crippen molar-refractivity contribution < 1.29 is 13.6 Å². The maximum atomic E-state index is 13.1. The Morgan fingerprint density at radius 3 is 2.62 bits per heavy atom. The van der Waals surface area contributed by atoms with Gasteiger partial charge < -0.3 is 5.32 Å². The number of nitrogens with one attached hydrogen (secondary N) is 1. The number of nitrogens with zero attached hydrogens (tertiary/aromatic N) is 2. The molecule has 1 N–H and O–H groups in total. The topological polar surface area (TPSA) is 76.7 Å². The monoisotopic (exact) mass is 221 g/mol. The zero-order chi connectivity index (χ0) is 12.1. The predicted octanol–water partition coefficient (Wildman–Crippen LogP) is 1.69. The molecule has 6 heteroatoms. The summed E-state index contributed by atoms with van der Waals surface area (Å²) in [6.45, 7) is 0. The maximum absolute atomic E-state index is 13.1. The number of hydrogen-bond acceptors (Lipinski definition) is 3. The summed E-state index contributed by atoms with van der Waals surface area (Å²) in [7, 11) is 0. The number of hydrogen-bond donors (Lipinski definition) is 1. The van der Waals surface area contributed by atoms with Crippen molar-refractivity contribution in [3.63, 3.8) is 0 Å². The molecule has 0 bridgehead atoms. The van der Waals surface area contributed by atoms with Crippen LogP contribution >= 0.6 is 0 Å². The van der Waals surface area contributed by atoms with E-state index in [4.69, 9.17) is 10.5 Å². The second-order valence-corrected chi connectivity index (χ2v) is 2.78. The molecule has 0 saturated carbocycles. The third-order valence-corrected chi connectivity index (χ3v) is 1.72. The van der Waals surface area contributed by atoms with E-state index in [-0.39, 0.29) is 5.69 Å². The minimum Gasteiger partial charge on any atom is -0.324 e. The molecule has 0 radical (unpaired) electrons. The molecule has 16 heavy (non-hydrogen) atoms. The molecule has 0 aliphatic carbocycles. The van der Waals surface area contributed by atoms with Crippen LogP contribution in [0.3, 0.4) is 0 Å². The Morgan fingerprint density at radius 2 is 2.06 bits per heavy atom. The lowest BCUT2D eigenvalue weighted by atomic mass is 10.1. The minimum absolute atomic E-state index is 0.151. The summed E-state index contributed by atoms with van der Waals surface area (Å²) < 4.78 is 25.8. The number of carbonyl (C=O) groups excluding carboxylic acids is 1. The van der Waals surface area contributed by atoms with E-state index in [1.807, 2.05) is 0 Å². The minimum atomic E-state index is -1.32. The van der Waals surface area contributed by atoms with Crippen molar-refractivity contribution in [1.29, 1.82) is 10.5 Å². The highest BCUT2D eigenvalue weighted by molar-refractivity contribution is 5.93. The Balaban J connectivity index is 3.08. The Morgan fingerprint density at radius 1 is 1.38 bits per heavy atom. The molecular formula is C10H5F2N3O. The SMILES string of the molecule is N#CCC(=O)Nc1ccc(F)c(F)c1C#N. The van der Waals surface area contributed by atoms with Crippen molar-refractivity contribution in [3.05, 3.63) is 29.3 Å². The number of anilines is 1. The van der Waals surface area contributed by atoms with Gasteiger partial charge in [-0.3, -0.25) is 4.79 Å². The number of benzene rings is 1.